The Hall–Kier alpha value is -1.46. The molecule has 0 saturated carbocycles. The van der Waals surface area contributed by atoms with Gasteiger partial charge in [-0.05, 0) is 11.6 Å². The van der Waals surface area contributed by atoms with Gasteiger partial charge in [0.15, 0.2) is 0 Å². The number of non-ortho nitro benzene ring substituents is 1. The van der Waals surface area contributed by atoms with Crippen LogP contribution in [0.5, 0.6) is 0 Å². The normalized spacial score (nSPS) is 16.8. The Labute approximate surface area is 109 Å². The molecule has 0 atom stereocenters. The van der Waals surface area contributed by atoms with E-state index in [1.807, 2.05) is 0 Å². The van der Waals surface area contributed by atoms with Crippen LogP contribution in [0.25, 0.3) is 0 Å². The van der Waals surface area contributed by atoms with Gasteiger partial charge >= 0.3 is 0 Å². The zero-order valence-corrected chi connectivity index (χ0v) is 10.5. The molecule has 0 aliphatic carbocycles. The predicted molar refractivity (Wildman–Crippen MR) is 67.6 cm³/mol. The molecule has 6 heteroatoms. The lowest BCUT2D eigenvalue weighted by Gasteiger charge is -2.26. The number of carbonyl (C=O) groups is 1. The third-order valence-corrected chi connectivity index (χ3v) is 3.41. The number of carbonyl (C=O) groups excluding carboxylic acids is 1. The summed E-state index contributed by atoms with van der Waals surface area (Å²) in [5, 5.41) is 11.0. The number of hydrogen-bond donors (Lipinski definition) is 0. The van der Waals surface area contributed by atoms with Crippen LogP contribution in [-0.2, 0) is 11.3 Å². The van der Waals surface area contributed by atoms with Crippen molar-refractivity contribution in [3.63, 3.8) is 0 Å². The van der Waals surface area contributed by atoms with Crippen molar-refractivity contribution in [1.82, 2.24) is 4.90 Å². The Kier molecular flexibility index (Phi) is 3.93. The van der Waals surface area contributed by atoms with Gasteiger partial charge in [-0.25, -0.2) is 0 Å². The summed E-state index contributed by atoms with van der Waals surface area (Å²) >= 11 is 6.02. The molecule has 0 bridgehead atoms. The number of likely N-dealkylation sites (tertiary alicyclic amines) is 1. The molecule has 0 spiro atoms. The third-order valence-electron chi connectivity index (χ3n) is 3.06. The molecular weight excluding hydrogens is 256 g/mol. The average Bonchev–Trinajstić information content (AvgIpc) is 2.34. The van der Waals surface area contributed by atoms with Crippen LogP contribution in [0.4, 0.5) is 5.69 Å². The molecule has 0 aromatic heterocycles. The first-order chi connectivity index (χ1) is 8.56. The molecule has 0 radical (unpaired) electrons. The standard InChI is InChI=1S/C12H13ClN2O3/c13-12-7-10(15(17)18)2-1-9(12)8-14-5-3-11(16)4-6-14/h1-2,7H,3-6,8H2. The Morgan fingerprint density at radius 1 is 1.33 bits per heavy atom. The minimum atomic E-state index is -0.463. The first-order valence-electron chi connectivity index (χ1n) is 5.73. The maximum absolute atomic E-state index is 11.1. The highest BCUT2D eigenvalue weighted by Gasteiger charge is 2.18. The molecule has 96 valence electrons. The summed E-state index contributed by atoms with van der Waals surface area (Å²) in [5.74, 6) is 0.293. The van der Waals surface area contributed by atoms with Crippen LogP contribution < -0.4 is 0 Å². The van der Waals surface area contributed by atoms with Gasteiger partial charge in [-0.2, -0.15) is 0 Å². The van der Waals surface area contributed by atoms with E-state index in [1.54, 1.807) is 6.07 Å². The van der Waals surface area contributed by atoms with E-state index in [9.17, 15) is 14.9 Å². The van der Waals surface area contributed by atoms with Gasteiger partial charge in [-0.3, -0.25) is 19.8 Å². The van der Waals surface area contributed by atoms with E-state index in [-0.39, 0.29) is 5.69 Å². The van der Waals surface area contributed by atoms with Gasteiger partial charge < -0.3 is 0 Å². The second-order valence-corrected chi connectivity index (χ2v) is 4.75. The molecule has 0 amide bonds. The lowest BCUT2D eigenvalue weighted by atomic mass is 10.1. The van der Waals surface area contributed by atoms with Crippen LogP contribution in [0, 0.1) is 10.1 Å². The fourth-order valence-electron chi connectivity index (χ4n) is 1.98. The number of nitrogens with zero attached hydrogens (tertiary/aromatic N) is 2. The third kappa shape index (κ3) is 3.05. The van der Waals surface area contributed by atoms with Crippen LogP contribution >= 0.6 is 11.6 Å². The molecule has 1 aromatic carbocycles. The Bertz CT molecular complexity index is 480. The van der Waals surface area contributed by atoms with Crippen molar-refractivity contribution >= 4 is 23.1 Å². The van der Waals surface area contributed by atoms with Gasteiger partial charge in [-0.15, -0.1) is 0 Å². The summed E-state index contributed by atoms with van der Waals surface area (Å²) in [4.78, 5) is 23.4. The summed E-state index contributed by atoms with van der Waals surface area (Å²) in [6, 6.07) is 4.50. The highest BCUT2D eigenvalue weighted by molar-refractivity contribution is 6.31. The van der Waals surface area contributed by atoms with Crippen molar-refractivity contribution in [2.24, 2.45) is 0 Å². The summed E-state index contributed by atoms with van der Waals surface area (Å²) in [5.41, 5.74) is 0.856. The van der Waals surface area contributed by atoms with Crippen LogP contribution in [0.2, 0.25) is 5.02 Å². The minimum Gasteiger partial charge on any atom is -0.300 e. The van der Waals surface area contributed by atoms with Gasteiger partial charge in [0.2, 0.25) is 0 Å². The molecule has 1 aromatic rings. The molecule has 1 saturated heterocycles. The van der Waals surface area contributed by atoms with E-state index in [0.29, 0.717) is 30.2 Å². The Morgan fingerprint density at radius 2 is 2.00 bits per heavy atom. The highest BCUT2D eigenvalue weighted by Crippen LogP contribution is 2.24. The lowest BCUT2D eigenvalue weighted by Crippen LogP contribution is -2.33. The molecule has 18 heavy (non-hydrogen) atoms. The van der Waals surface area contributed by atoms with E-state index in [1.165, 1.54) is 12.1 Å². The molecule has 0 unspecified atom stereocenters. The number of nitro groups is 1. The number of benzene rings is 1. The molecule has 2 rings (SSSR count). The Balaban J connectivity index is 2.05. The van der Waals surface area contributed by atoms with E-state index in [2.05, 4.69) is 4.90 Å². The highest BCUT2D eigenvalue weighted by atomic mass is 35.5. The van der Waals surface area contributed by atoms with E-state index in [0.717, 1.165) is 18.7 Å². The molecule has 1 aliphatic rings. The average molecular weight is 269 g/mol. The SMILES string of the molecule is O=C1CCN(Cc2ccc([N+](=O)[O-])cc2Cl)CC1. The Morgan fingerprint density at radius 3 is 2.56 bits per heavy atom. The van der Waals surface area contributed by atoms with E-state index < -0.39 is 4.92 Å². The molecule has 5 nitrogen and oxygen atoms in total. The van der Waals surface area contributed by atoms with Crippen LogP contribution in [0.1, 0.15) is 18.4 Å². The van der Waals surface area contributed by atoms with Crippen LogP contribution in [0.15, 0.2) is 18.2 Å². The second kappa shape index (κ2) is 5.46. The van der Waals surface area contributed by atoms with Crippen molar-refractivity contribution in [2.45, 2.75) is 19.4 Å². The number of Topliss-reactive ketones (excluding diaryl/α,β-unsaturated/α-hetero) is 1. The van der Waals surface area contributed by atoms with Gasteiger partial charge in [0.1, 0.15) is 5.78 Å². The van der Waals surface area contributed by atoms with Gasteiger partial charge in [0.25, 0.3) is 5.69 Å². The molecule has 1 heterocycles. The van der Waals surface area contributed by atoms with Crippen molar-refractivity contribution in [1.29, 1.82) is 0 Å². The minimum absolute atomic E-state index is 0.00225. The zero-order valence-electron chi connectivity index (χ0n) is 9.76. The number of halogens is 1. The smallest absolute Gasteiger partial charge is 0.270 e. The first kappa shape index (κ1) is 13.0. The predicted octanol–water partition coefficient (Wildman–Crippen LogP) is 2.41. The largest absolute Gasteiger partial charge is 0.300 e. The quantitative estimate of drug-likeness (QED) is 0.624. The van der Waals surface area contributed by atoms with E-state index >= 15 is 0 Å². The van der Waals surface area contributed by atoms with Crippen molar-refractivity contribution < 1.29 is 9.72 Å². The number of piperidine rings is 1. The molecular formula is C12H13ClN2O3. The number of nitro benzene ring substituents is 1. The van der Waals surface area contributed by atoms with Gasteiger partial charge in [-0.1, -0.05) is 11.6 Å². The fraction of sp³-hybridized carbons (Fsp3) is 0.417. The van der Waals surface area contributed by atoms with Gasteiger partial charge in [0.05, 0.1) is 9.95 Å². The number of hydrogen-bond acceptors (Lipinski definition) is 4. The van der Waals surface area contributed by atoms with Crippen molar-refractivity contribution in [3.05, 3.63) is 38.9 Å². The molecule has 0 N–H and O–H groups in total. The van der Waals surface area contributed by atoms with Gasteiger partial charge in [0, 0.05) is 44.6 Å². The summed E-state index contributed by atoms with van der Waals surface area (Å²) in [6.45, 7) is 2.09. The van der Waals surface area contributed by atoms with E-state index in [4.69, 9.17) is 11.6 Å². The van der Waals surface area contributed by atoms with Crippen molar-refractivity contribution in [3.8, 4) is 0 Å². The summed E-state index contributed by atoms with van der Waals surface area (Å²) < 4.78 is 0. The van der Waals surface area contributed by atoms with Crippen LogP contribution in [0.3, 0.4) is 0 Å². The van der Waals surface area contributed by atoms with Crippen LogP contribution in [-0.4, -0.2) is 28.7 Å². The first-order valence-corrected chi connectivity index (χ1v) is 6.11. The monoisotopic (exact) mass is 268 g/mol. The molecule has 1 fully saturated rings. The maximum Gasteiger partial charge on any atom is 0.270 e. The maximum atomic E-state index is 11.1. The van der Waals surface area contributed by atoms with Crippen molar-refractivity contribution in [2.75, 3.05) is 13.1 Å². The zero-order chi connectivity index (χ0) is 13.1. The topological polar surface area (TPSA) is 63.5 Å². The second-order valence-electron chi connectivity index (χ2n) is 4.35. The lowest BCUT2D eigenvalue weighted by molar-refractivity contribution is -0.384. The summed E-state index contributed by atoms with van der Waals surface area (Å²) in [6.07, 6.45) is 1.15. The number of ketones is 1. The number of rotatable bonds is 3. The summed E-state index contributed by atoms with van der Waals surface area (Å²) in [7, 11) is 0. The molecule has 1 aliphatic heterocycles. The fourth-order valence-corrected chi connectivity index (χ4v) is 2.21.